The number of benzene rings is 2. The van der Waals surface area contributed by atoms with Crippen LogP contribution in [0.4, 0.5) is 0 Å². The number of likely N-dealkylation sites (N-methyl/N-ethyl adjacent to an activating group) is 1. The van der Waals surface area contributed by atoms with Gasteiger partial charge in [-0.2, -0.15) is 5.10 Å². The fourth-order valence-corrected chi connectivity index (χ4v) is 2.22. The van der Waals surface area contributed by atoms with E-state index in [9.17, 15) is 0 Å². The van der Waals surface area contributed by atoms with E-state index in [2.05, 4.69) is 20.1 Å². The van der Waals surface area contributed by atoms with E-state index in [0.29, 0.717) is 18.3 Å². The minimum atomic E-state index is 0.629. The van der Waals surface area contributed by atoms with Crippen LogP contribution in [0.25, 0.3) is 22.8 Å². The van der Waals surface area contributed by atoms with Gasteiger partial charge in [-0.25, -0.2) is 4.98 Å². The molecule has 0 bridgehead atoms. The summed E-state index contributed by atoms with van der Waals surface area (Å²) in [4.78, 5) is 6.69. The summed E-state index contributed by atoms with van der Waals surface area (Å²) in [6.07, 6.45) is 0. The minimum absolute atomic E-state index is 0.629. The first-order valence-corrected chi connectivity index (χ1v) is 7.59. The number of hydrogen-bond acceptors (Lipinski definition) is 4. The third kappa shape index (κ3) is 3.76. The zero-order chi connectivity index (χ0) is 16.1. The standard InChI is InChI=1S/C18H20N4O/c1-22(2)12-13-23-16-11-7-6-10-15(16)18-19-17(20-21-18)14-8-4-3-5-9-14/h3-11H,12-13H2,1-2H3,(H,19,20,21). The predicted molar refractivity (Wildman–Crippen MR) is 91.3 cm³/mol. The van der Waals surface area contributed by atoms with Crippen LogP contribution in [0.3, 0.4) is 0 Å². The molecule has 2 aromatic carbocycles. The number of nitrogens with zero attached hydrogens (tertiary/aromatic N) is 3. The van der Waals surface area contributed by atoms with Gasteiger partial charge in [0.1, 0.15) is 12.4 Å². The molecular formula is C18H20N4O. The van der Waals surface area contributed by atoms with Crippen LogP contribution in [0.2, 0.25) is 0 Å². The summed E-state index contributed by atoms with van der Waals surface area (Å²) in [5, 5.41) is 7.32. The largest absolute Gasteiger partial charge is 0.491 e. The van der Waals surface area contributed by atoms with Crippen LogP contribution >= 0.6 is 0 Å². The third-order valence-electron chi connectivity index (χ3n) is 3.46. The van der Waals surface area contributed by atoms with Crippen molar-refractivity contribution >= 4 is 0 Å². The molecule has 3 rings (SSSR count). The van der Waals surface area contributed by atoms with Gasteiger partial charge in [0.05, 0.1) is 5.56 Å². The molecule has 0 spiro atoms. The Morgan fingerprint density at radius 1 is 1.00 bits per heavy atom. The first-order chi connectivity index (χ1) is 11.2. The summed E-state index contributed by atoms with van der Waals surface area (Å²) in [6.45, 7) is 1.49. The van der Waals surface area contributed by atoms with Crippen LogP contribution in [0, 0.1) is 0 Å². The molecular weight excluding hydrogens is 288 g/mol. The van der Waals surface area contributed by atoms with E-state index in [4.69, 9.17) is 4.74 Å². The van der Waals surface area contributed by atoms with Crippen molar-refractivity contribution in [2.24, 2.45) is 0 Å². The molecule has 0 fully saturated rings. The summed E-state index contributed by atoms with van der Waals surface area (Å²) >= 11 is 0. The van der Waals surface area contributed by atoms with E-state index in [-0.39, 0.29) is 0 Å². The summed E-state index contributed by atoms with van der Waals surface area (Å²) < 4.78 is 5.89. The van der Waals surface area contributed by atoms with Gasteiger partial charge >= 0.3 is 0 Å². The second-order valence-electron chi connectivity index (χ2n) is 5.52. The van der Waals surface area contributed by atoms with Gasteiger partial charge in [-0.1, -0.05) is 42.5 Å². The quantitative estimate of drug-likeness (QED) is 0.760. The lowest BCUT2D eigenvalue weighted by Gasteiger charge is -2.12. The summed E-state index contributed by atoms with van der Waals surface area (Å²) in [7, 11) is 4.05. The Morgan fingerprint density at radius 2 is 1.74 bits per heavy atom. The van der Waals surface area contributed by atoms with Crippen molar-refractivity contribution < 1.29 is 4.74 Å². The monoisotopic (exact) mass is 308 g/mol. The molecule has 23 heavy (non-hydrogen) atoms. The van der Waals surface area contributed by atoms with Crippen LogP contribution in [0.1, 0.15) is 0 Å². The number of aromatic nitrogens is 3. The highest BCUT2D eigenvalue weighted by atomic mass is 16.5. The number of rotatable bonds is 6. The molecule has 0 aliphatic rings. The van der Waals surface area contributed by atoms with Crippen molar-refractivity contribution in [1.82, 2.24) is 20.1 Å². The molecule has 0 amide bonds. The van der Waals surface area contributed by atoms with Crippen molar-refractivity contribution in [3.63, 3.8) is 0 Å². The number of H-pyrrole nitrogens is 1. The molecule has 1 aromatic heterocycles. The molecule has 0 saturated heterocycles. The Morgan fingerprint density at radius 3 is 2.52 bits per heavy atom. The smallest absolute Gasteiger partial charge is 0.181 e. The second-order valence-corrected chi connectivity index (χ2v) is 5.52. The Balaban J connectivity index is 1.83. The number of ether oxygens (including phenoxy) is 1. The van der Waals surface area contributed by atoms with Crippen LogP contribution in [-0.4, -0.2) is 47.3 Å². The summed E-state index contributed by atoms with van der Waals surface area (Å²) in [5.41, 5.74) is 1.90. The summed E-state index contributed by atoms with van der Waals surface area (Å²) in [5.74, 6) is 2.21. The van der Waals surface area contributed by atoms with E-state index < -0.39 is 0 Å². The van der Waals surface area contributed by atoms with Gasteiger partial charge in [0.25, 0.3) is 0 Å². The maximum absolute atomic E-state index is 5.89. The zero-order valence-corrected chi connectivity index (χ0v) is 13.4. The molecule has 1 heterocycles. The SMILES string of the molecule is CN(C)CCOc1ccccc1-c1nc(-c2ccccc2)n[nH]1. The van der Waals surface area contributed by atoms with Gasteiger partial charge in [0.15, 0.2) is 11.6 Å². The number of para-hydroxylation sites is 1. The molecule has 0 unspecified atom stereocenters. The lowest BCUT2D eigenvalue weighted by molar-refractivity contribution is 0.262. The number of aromatic amines is 1. The van der Waals surface area contributed by atoms with Crippen molar-refractivity contribution in [2.45, 2.75) is 0 Å². The topological polar surface area (TPSA) is 54.0 Å². The van der Waals surface area contributed by atoms with Gasteiger partial charge in [0, 0.05) is 12.1 Å². The van der Waals surface area contributed by atoms with Crippen molar-refractivity contribution in [1.29, 1.82) is 0 Å². The predicted octanol–water partition coefficient (Wildman–Crippen LogP) is 3.08. The van der Waals surface area contributed by atoms with Crippen LogP contribution in [0.5, 0.6) is 5.75 Å². The highest BCUT2D eigenvalue weighted by Crippen LogP contribution is 2.28. The van der Waals surface area contributed by atoms with Crippen LogP contribution in [0.15, 0.2) is 54.6 Å². The van der Waals surface area contributed by atoms with Crippen molar-refractivity contribution in [2.75, 3.05) is 27.2 Å². The third-order valence-corrected chi connectivity index (χ3v) is 3.46. The van der Waals surface area contributed by atoms with E-state index in [0.717, 1.165) is 23.4 Å². The van der Waals surface area contributed by atoms with E-state index >= 15 is 0 Å². The van der Waals surface area contributed by atoms with Gasteiger partial charge in [0.2, 0.25) is 0 Å². The number of nitrogens with one attached hydrogen (secondary N) is 1. The first-order valence-electron chi connectivity index (χ1n) is 7.59. The first kappa shape index (κ1) is 15.2. The van der Waals surface area contributed by atoms with Gasteiger partial charge in [-0.05, 0) is 26.2 Å². The minimum Gasteiger partial charge on any atom is -0.491 e. The maximum Gasteiger partial charge on any atom is 0.181 e. The van der Waals surface area contributed by atoms with E-state index in [1.54, 1.807) is 0 Å². The van der Waals surface area contributed by atoms with Crippen LogP contribution in [-0.2, 0) is 0 Å². The Bertz CT molecular complexity index is 752. The zero-order valence-electron chi connectivity index (χ0n) is 13.4. The molecule has 0 saturated carbocycles. The molecule has 0 radical (unpaired) electrons. The lowest BCUT2D eigenvalue weighted by atomic mass is 10.2. The molecule has 0 aliphatic carbocycles. The summed E-state index contributed by atoms with van der Waals surface area (Å²) in [6, 6.07) is 17.8. The molecule has 3 aromatic rings. The molecule has 1 N–H and O–H groups in total. The highest BCUT2D eigenvalue weighted by Gasteiger charge is 2.12. The average molecular weight is 308 g/mol. The van der Waals surface area contributed by atoms with Gasteiger partial charge in [-0.3, -0.25) is 5.10 Å². The van der Waals surface area contributed by atoms with E-state index in [1.165, 1.54) is 0 Å². The van der Waals surface area contributed by atoms with Crippen molar-refractivity contribution in [3.05, 3.63) is 54.6 Å². The van der Waals surface area contributed by atoms with Crippen molar-refractivity contribution in [3.8, 4) is 28.5 Å². The average Bonchev–Trinajstić information content (AvgIpc) is 3.06. The van der Waals surface area contributed by atoms with E-state index in [1.807, 2.05) is 68.7 Å². The van der Waals surface area contributed by atoms with Crippen LogP contribution < -0.4 is 4.74 Å². The Kier molecular flexibility index (Phi) is 4.68. The fourth-order valence-electron chi connectivity index (χ4n) is 2.22. The second kappa shape index (κ2) is 7.07. The van der Waals surface area contributed by atoms with Gasteiger partial charge < -0.3 is 9.64 Å². The molecule has 0 atom stereocenters. The molecule has 5 heteroatoms. The molecule has 118 valence electrons. The normalized spacial score (nSPS) is 10.9. The lowest BCUT2D eigenvalue weighted by Crippen LogP contribution is -2.19. The highest BCUT2D eigenvalue weighted by molar-refractivity contribution is 5.66. The van der Waals surface area contributed by atoms with Gasteiger partial charge in [-0.15, -0.1) is 0 Å². The Hall–Kier alpha value is -2.66. The fraction of sp³-hybridized carbons (Fsp3) is 0.222. The Labute approximate surface area is 135 Å². The number of hydrogen-bond donors (Lipinski definition) is 1. The molecule has 5 nitrogen and oxygen atoms in total. The maximum atomic E-state index is 5.89. The molecule has 0 aliphatic heterocycles.